The molecule has 0 aliphatic carbocycles. The normalized spacial score (nSPS) is 10.7. The lowest BCUT2D eigenvalue weighted by Crippen LogP contribution is -2.27. The van der Waals surface area contributed by atoms with Crippen LogP contribution in [0.4, 0.5) is 5.69 Å². The van der Waals surface area contributed by atoms with Gasteiger partial charge >= 0.3 is 0 Å². The molecule has 0 amide bonds. The van der Waals surface area contributed by atoms with Crippen LogP contribution in [-0.2, 0) is 6.54 Å². The number of nitrogens with zero attached hydrogens (tertiary/aromatic N) is 3. The minimum absolute atomic E-state index is 0.114. The third-order valence-electron chi connectivity index (χ3n) is 3.11. The van der Waals surface area contributed by atoms with Gasteiger partial charge in [0.25, 0.3) is 5.56 Å². The molecule has 2 aromatic carbocycles. The lowest BCUT2D eigenvalue weighted by Gasteiger charge is -2.08. The van der Waals surface area contributed by atoms with E-state index in [-0.39, 0.29) is 5.56 Å². The number of hydrogen-bond donors (Lipinski definition) is 1. The summed E-state index contributed by atoms with van der Waals surface area (Å²) >= 11 is 3.42. The second-order valence-electron chi connectivity index (χ2n) is 4.57. The van der Waals surface area contributed by atoms with Crippen molar-refractivity contribution in [3.63, 3.8) is 0 Å². The predicted octanol–water partition coefficient (Wildman–Crippen LogP) is 2.67. The molecule has 0 unspecified atom stereocenters. The highest BCUT2D eigenvalue weighted by Gasteiger charge is 2.04. The van der Waals surface area contributed by atoms with Gasteiger partial charge in [-0.05, 0) is 30.3 Å². The Morgan fingerprint density at radius 2 is 2.00 bits per heavy atom. The highest BCUT2D eigenvalue weighted by molar-refractivity contribution is 9.10. The number of hydrogen-bond acceptors (Lipinski definition) is 4. The molecule has 1 aromatic heterocycles. The van der Waals surface area contributed by atoms with Crippen LogP contribution < -0.4 is 10.9 Å². The van der Waals surface area contributed by atoms with Crippen molar-refractivity contribution < 1.29 is 0 Å². The van der Waals surface area contributed by atoms with Crippen molar-refractivity contribution in [1.29, 1.82) is 0 Å². The van der Waals surface area contributed by atoms with E-state index < -0.39 is 0 Å². The van der Waals surface area contributed by atoms with Gasteiger partial charge in [-0.2, -0.15) is 0 Å². The zero-order valence-corrected chi connectivity index (χ0v) is 12.7. The SMILES string of the molecule is O=c1c2ccccc2nnn1CCNc1cccc(Br)c1. The average Bonchev–Trinajstić information content (AvgIpc) is 2.50. The molecular formula is C15H13BrN4O. The Morgan fingerprint density at radius 1 is 1.14 bits per heavy atom. The first kappa shape index (κ1) is 13.8. The fraction of sp³-hybridized carbons (Fsp3) is 0.133. The van der Waals surface area contributed by atoms with Crippen molar-refractivity contribution in [3.05, 3.63) is 63.4 Å². The minimum atomic E-state index is -0.114. The zero-order chi connectivity index (χ0) is 14.7. The van der Waals surface area contributed by atoms with Crippen molar-refractivity contribution in [2.24, 2.45) is 0 Å². The Labute approximate surface area is 129 Å². The quantitative estimate of drug-likeness (QED) is 0.790. The molecule has 21 heavy (non-hydrogen) atoms. The maximum absolute atomic E-state index is 12.3. The maximum Gasteiger partial charge on any atom is 0.277 e. The molecule has 3 rings (SSSR count). The van der Waals surface area contributed by atoms with Gasteiger partial charge in [0.2, 0.25) is 0 Å². The summed E-state index contributed by atoms with van der Waals surface area (Å²) in [7, 11) is 0. The van der Waals surface area contributed by atoms with Crippen molar-refractivity contribution in [3.8, 4) is 0 Å². The van der Waals surface area contributed by atoms with Crippen LogP contribution in [0.3, 0.4) is 0 Å². The van der Waals surface area contributed by atoms with Crippen LogP contribution in [-0.4, -0.2) is 21.5 Å². The highest BCUT2D eigenvalue weighted by atomic mass is 79.9. The van der Waals surface area contributed by atoms with Gasteiger partial charge in [-0.15, -0.1) is 5.10 Å². The molecule has 0 spiro atoms. The lowest BCUT2D eigenvalue weighted by atomic mass is 10.2. The summed E-state index contributed by atoms with van der Waals surface area (Å²) in [5.41, 5.74) is 1.50. The van der Waals surface area contributed by atoms with Crippen molar-refractivity contribution in [2.45, 2.75) is 6.54 Å². The van der Waals surface area contributed by atoms with E-state index in [1.165, 1.54) is 4.68 Å². The highest BCUT2D eigenvalue weighted by Crippen LogP contribution is 2.15. The van der Waals surface area contributed by atoms with E-state index in [2.05, 4.69) is 31.6 Å². The molecular weight excluding hydrogens is 332 g/mol. The van der Waals surface area contributed by atoms with E-state index in [0.717, 1.165) is 10.2 Å². The number of benzene rings is 2. The average molecular weight is 345 g/mol. The lowest BCUT2D eigenvalue weighted by molar-refractivity contribution is 0.566. The van der Waals surface area contributed by atoms with Crippen LogP contribution in [0.5, 0.6) is 0 Å². The molecule has 5 nitrogen and oxygen atoms in total. The van der Waals surface area contributed by atoms with Crippen molar-refractivity contribution in [1.82, 2.24) is 15.0 Å². The molecule has 0 saturated carbocycles. The van der Waals surface area contributed by atoms with Gasteiger partial charge in [-0.1, -0.05) is 39.3 Å². The predicted molar refractivity (Wildman–Crippen MR) is 86.4 cm³/mol. The van der Waals surface area contributed by atoms with Gasteiger partial charge in [0.15, 0.2) is 0 Å². The molecule has 0 saturated heterocycles. The smallest absolute Gasteiger partial charge is 0.277 e. The Balaban J connectivity index is 1.74. The monoisotopic (exact) mass is 344 g/mol. The number of anilines is 1. The van der Waals surface area contributed by atoms with Gasteiger partial charge in [-0.25, -0.2) is 4.68 Å². The van der Waals surface area contributed by atoms with Gasteiger partial charge in [-0.3, -0.25) is 4.79 Å². The topological polar surface area (TPSA) is 59.8 Å². The molecule has 0 radical (unpaired) electrons. The first-order valence-corrected chi connectivity index (χ1v) is 7.35. The summed E-state index contributed by atoms with van der Waals surface area (Å²) in [6, 6.07) is 15.1. The van der Waals surface area contributed by atoms with Crippen LogP contribution in [0.25, 0.3) is 10.9 Å². The molecule has 106 valence electrons. The molecule has 0 aliphatic rings. The summed E-state index contributed by atoms with van der Waals surface area (Å²) in [4.78, 5) is 12.3. The van der Waals surface area contributed by atoms with E-state index in [9.17, 15) is 4.79 Å². The molecule has 0 fully saturated rings. The second-order valence-corrected chi connectivity index (χ2v) is 5.49. The van der Waals surface area contributed by atoms with E-state index in [1.54, 1.807) is 12.1 Å². The number of aromatic nitrogens is 3. The molecule has 1 N–H and O–H groups in total. The first-order chi connectivity index (χ1) is 10.2. The molecule has 1 heterocycles. The molecule has 0 bridgehead atoms. The minimum Gasteiger partial charge on any atom is -0.383 e. The standard InChI is InChI=1S/C15H13BrN4O/c16-11-4-3-5-12(10-11)17-8-9-20-15(21)13-6-1-2-7-14(13)18-19-20/h1-7,10,17H,8-9H2. The van der Waals surface area contributed by atoms with Crippen LogP contribution in [0.15, 0.2) is 57.8 Å². The van der Waals surface area contributed by atoms with E-state index in [1.807, 2.05) is 36.4 Å². The van der Waals surface area contributed by atoms with Gasteiger partial charge in [0.05, 0.1) is 11.9 Å². The first-order valence-electron chi connectivity index (χ1n) is 6.56. The van der Waals surface area contributed by atoms with E-state index in [0.29, 0.717) is 24.0 Å². The summed E-state index contributed by atoms with van der Waals surface area (Å²) in [5, 5.41) is 11.9. The van der Waals surface area contributed by atoms with E-state index in [4.69, 9.17) is 0 Å². The summed E-state index contributed by atoms with van der Waals surface area (Å²) in [5.74, 6) is 0. The number of fused-ring (bicyclic) bond motifs is 1. The van der Waals surface area contributed by atoms with Gasteiger partial charge < -0.3 is 5.32 Å². The summed E-state index contributed by atoms with van der Waals surface area (Å²) in [6.45, 7) is 1.06. The molecule has 0 aliphatic heterocycles. The van der Waals surface area contributed by atoms with Crippen molar-refractivity contribution >= 4 is 32.5 Å². The third-order valence-corrected chi connectivity index (χ3v) is 3.60. The molecule has 0 atom stereocenters. The second kappa shape index (κ2) is 6.05. The van der Waals surface area contributed by atoms with Crippen LogP contribution >= 0.6 is 15.9 Å². The van der Waals surface area contributed by atoms with Gasteiger partial charge in [0.1, 0.15) is 5.52 Å². The maximum atomic E-state index is 12.3. The Kier molecular flexibility index (Phi) is 3.96. The largest absolute Gasteiger partial charge is 0.383 e. The van der Waals surface area contributed by atoms with E-state index >= 15 is 0 Å². The molecule has 6 heteroatoms. The Hall–Kier alpha value is -2.21. The summed E-state index contributed by atoms with van der Waals surface area (Å²) < 4.78 is 2.39. The summed E-state index contributed by atoms with van der Waals surface area (Å²) in [6.07, 6.45) is 0. The number of rotatable bonds is 4. The van der Waals surface area contributed by atoms with Crippen molar-refractivity contribution in [2.75, 3.05) is 11.9 Å². The Bertz CT molecular complexity index is 831. The fourth-order valence-electron chi connectivity index (χ4n) is 2.07. The third kappa shape index (κ3) is 3.11. The fourth-order valence-corrected chi connectivity index (χ4v) is 2.47. The van der Waals surface area contributed by atoms with Crippen LogP contribution in [0.1, 0.15) is 0 Å². The number of halogens is 1. The van der Waals surface area contributed by atoms with Crippen LogP contribution in [0.2, 0.25) is 0 Å². The molecule has 3 aromatic rings. The Morgan fingerprint density at radius 3 is 2.86 bits per heavy atom. The number of nitrogens with one attached hydrogen (secondary N) is 1. The van der Waals surface area contributed by atoms with Crippen LogP contribution in [0, 0.1) is 0 Å². The zero-order valence-electron chi connectivity index (χ0n) is 11.2. The van der Waals surface area contributed by atoms with Gasteiger partial charge in [0, 0.05) is 16.7 Å².